The van der Waals surface area contributed by atoms with Crippen LogP contribution in [0.1, 0.15) is 12.0 Å². The molecule has 78 valence electrons. The topological polar surface area (TPSA) is 35.2 Å². The van der Waals surface area contributed by atoms with Crippen LogP contribution >= 0.6 is 11.6 Å². The van der Waals surface area contributed by atoms with E-state index in [4.69, 9.17) is 22.1 Å². The van der Waals surface area contributed by atoms with E-state index in [9.17, 15) is 4.39 Å². The molecular weight excluding hydrogens is 205 g/mol. The molecule has 1 aromatic rings. The van der Waals surface area contributed by atoms with Crippen molar-refractivity contribution in [2.45, 2.75) is 12.8 Å². The molecule has 0 unspecified atom stereocenters. The van der Waals surface area contributed by atoms with Gasteiger partial charge in [-0.1, -0.05) is 11.6 Å². The van der Waals surface area contributed by atoms with E-state index in [1.54, 1.807) is 12.1 Å². The van der Waals surface area contributed by atoms with E-state index in [0.29, 0.717) is 6.54 Å². The van der Waals surface area contributed by atoms with Gasteiger partial charge >= 0.3 is 0 Å². The Morgan fingerprint density at radius 2 is 2.21 bits per heavy atom. The number of halogens is 2. The van der Waals surface area contributed by atoms with E-state index < -0.39 is 5.82 Å². The first-order valence-corrected chi connectivity index (χ1v) is 4.78. The van der Waals surface area contributed by atoms with Gasteiger partial charge in [-0.15, -0.1) is 0 Å². The molecule has 0 fully saturated rings. The molecule has 0 spiro atoms. The molecule has 0 aliphatic rings. The Bertz CT molecular complexity index is 317. The fraction of sp³-hybridized carbons (Fsp3) is 0.400. The van der Waals surface area contributed by atoms with E-state index in [0.717, 1.165) is 18.4 Å². The minimum absolute atomic E-state index is 0.0939. The summed E-state index contributed by atoms with van der Waals surface area (Å²) in [5, 5.41) is 0.0939. The van der Waals surface area contributed by atoms with Crippen molar-refractivity contribution in [2.24, 2.45) is 5.73 Å². The Morgan fingerprint density at radius 3 is 2.79 bits per heavy atom. The Balaban J connectivity index is 2.91. The number of rotatable bonds is 4. The van der Waals surface area contributed by atoms with Gasteiger partial charge in [0.1, 0.15) is 0 Å². The molecule has 0 atom stereocenters. The second-order valence-electron chi connectivity index (χ2n) is 2.99. The number of ether oxygens (including phenoxy) is 1. The normalized spacial score (nSPS) is 10.3. The van der Waals surface area contributed by atoms with Crippen molar-refractivity contribution in [3.63, 3.8) is 0 Å². The van der Waals surface area contributed by atoms with Crippen LogP contribution in [0.15, 0.2) is 12.1 Å². The van der Waals surface area contributed by atoms with E-state index in [2.05, 4.69) is 0 Å². The average molecular weight is 218 g/mol. The summed E-state index contributed by atoms with van der Waals surface area (Å²) in [5.41, 5.74) is 6.32. The van der Waals surface area contributed by atoms with E-state index in [1.807, 2.05) is 0 Å². The van der Waals surface area contributed by atoms with Gasteiger partial charge in [0.15, 0.2) is 11.6 Å². The van der Waals surface area contributed by atoms with Gasteiger partial charge in [0.25, 0.3) is 0 Å². The summed E-state index contributed by atoms with van der Waals surface area (Å²) in [7, 11) is 1.42. The van der Waals surface area contributed by atoms with Crippen molar-refractivity contribution in [1.82, 2.24) is 0 Å². The molecule has 1 aromatic carbocycles. The predicted molar refractivity (Wildman–Crippen MR) is 55.3 cm³/mol. The molecule has 0 heterocycles. The molecule has 0 bridgehead atoms. The van der Waals surface area contributed by atoms with Gasteiger partial charge in [-0.2, -0.15) is 0 Å². The van der Waals surface area contributed by atoms with Crippen LogP contribution in [-0.4, -0.2) is 13.7 Å². The zero-order valence-corrected chi connectivity index (χ0v) is 8.77. The standard InChI is InChI=1S/C10H13ClFNO/c1-14-9-6-7(3-2-4-13)5-8(11)10(9)12/h5-6H,2-4,13H2,1H3. The van der Waals surface area contributed by atoms with Crippen LogP contribution in [0.2, 0.25) is 5.02 Å². The molecule has 2 nitrogen and oxygen atoms in total. The molecule has 14 heavy (non-hydrogen) atoms. The maximum Gasteiger partial charge on any atom is 0.183 e. The van der Waals surface area contributed by atoms with Crippen molar-refractivity contribution >= 4 is 11.6 Å². The van der Waals surface area contributed by atoms with Crippen molar-refractivity contribution in [3.05, 3.63) is 28.5 Å². The van der Waals surface area contributed by atoms with Crippen LogP contribution in [0, 0.1) is 5.82 Å². The molecule has 4 heteroatoms. The smallest absolute Gasteiger partial charge is 0.183 e. The second-order valence-corrected chi connectivity index (χ2v) is 3.39. The predicted octanol–water partition coefficient (Wildman–Crippen LogP) is 2.38. The highest BCUT2D eigenvalue weighted by molar-refractivity contribution is 6.30. The fourth-order valence-corrected chi connectivity index (χ4v) is 1.45. The third-order valence-corrected chi connectivity index (χ3v) is 2.22. The molecule has 0 saturated heterocycles. The van der Waals surface area contributed by atoms with Gasteiger partial charge in [0, 0.05) is 0 Å². The number of hydrogen-bond donors (Lipinski definition) is 1. The lowest BCUT2D eigenvalue weighted by Gasteiger charge is -2.07. The summed E-state index contributed by atoms with van der Waals surface area (Å²) >= 11 is 5.69. The van der Waals surface area contributed by atoms with Crippen molar-refractivity contribution < 1.29 is 9.13 Å². The minimum Gasteiger partial charge on any atom is -0.494 e. The summed E-state index contributed by atoms with van der Waals surface area (Å²) in [6, 6.07) is 3.26. The highest BCUT2D eigenvalue weighted by atomic mass is 35.5. The molecule has 0 aromatic heterocycles. The molecule has 0 saturated carbocycles. The monoisotopic (exact) mass is 217 g/mol. The first kappa shape index (κ1) is 11.3. The number of benzene rings is 1. The Kier molecular flexibility index (Phi) is 4.17. The van der Waals surface area contributed by atoms with Crippen molar-refractivity contribution in [3.8, 4) is 5.75 Å². The quantitative estimate of drug-likeness (QED) is 0.841. The lowest BCUT2D eigenvalue weighted by molar-refractivity contribution is 0.386. The van der Waals surface area contributed by atoms with Crippen LogP contribution in [0.5, 0.6) is 5.75 Å². The molecule has 0 aliphatic carbocycles. The summed E-state index contributed by atoms with van der Waals surface area (Å²) in [5.74, 6) is -0.324. The summed E-state index contributed by atoms with van der Waals surface area (Å²) in [6.07, 6.45) is 1.64. The zero-order valence-electron chi connectivity index (χ0n) is 8.02. The van der Waals surface area contributed by atoms with Gasteiger partial charge in [-0.25, -0.2) is 4.39 Å². The number of methoxy groups -OCH3 is 1. The highest BCUT2D eigenvalue weighted by Gasteiger charge is 2.09. The summed E-state index contributed by atoms with van der Waals surface area (Å²) in [6.45, 7) is 0.608. The number of hydrogen-bond acceptors (Lipinski definition) is 2. The first-order valence-electron chi connectivity index (χ1n) is 4.41. The Hall–Kier alpha value is -0.800. The molecular formula is C10H13ClFNO. The molecule has 0 amide bonds. The zero-order chi connectivity index (χ0) is 10.6. The largest absolute Gasteiger partial charge is 0.494 e. The van der Waals surface area contributed by atoms with Crippen LogP contribution in [0.25, 0.3) is 0 Å². The van der Waals surface area contributed by atoms with Gasteiger partial charge in [0.05, 0.1) is 12.1 Å². The lowest BCUT2D eigenvalue weighted by atomic mass is 10.1. The minimum atomic E-state index is -0.509. The average Bonchev–Trinajstić information content (AvgIpc) is 2.19. The van der Waals surface area contributed by atoms with Crippen molar-refractivity contribution in [1.29, 1.82) is 0 Å². The maximum absolute atomic E-state index is 13.2. The number of nitrogens with two attached hydrogens (primary N) is 1. The molecule has 0 radical (unpaired) electrons. The molecule has 1 rings (SSSR count). The van der Waals surface area contributed by atoms with E-state index in [1.165, 1.54) is 7.11 Å². The molecule has 2 N–H and O–H groups in total. The fourth-order valence-electron chi connectivity index (χ4n) is 1.22. The van der Waals surface area contributed by atoms with Gasteiger partial charge in [-0.05, 0) is 37.1 Å². The third kappa shape index (κ3) is 2.59. The van der Waals surface area contributed by atoms with Crippen molar-refractivity contribution in [2.75, 3.05) is 13.7 Å². The van der Waals surface area contributed by atoms with Crippen LogP contribution in [-0.2, 0) is 6.42 Å². The van der Waals surface area contributed by atoms with E-state index >= 15 is 0 Å². The maximum atomic E-state index is 13.2. The second kappa shape index (κ2) is 5.17. The van der Waals surface area contributed by atoms with E-state index in [-0.39, 0.29) is 10.8 Å². The highest BCUT2D eigenvalue weighted by Crippen LogP contribution is 2.26. The van der Waals surface area contributed by atoms with Gasteiger partial charge < -0.3 is 10.5 Å². The number of aryl methyl sites for hydroxylation is 1. The van der Waals surface area contributed by atoms with Crippen LogP contribution < -0.4 is 10.5 Å². The Morgan fingerprint density at radius 1 is 1.50 bits per heavy atom. The van der Waals surface area contributed by atoms with Gasteiger partial charge in [-0.3, -0.25) is 0 Å². The lowest BCUT2D eigenvalue weighted by Crippen LogP contribution is -2.01. The SMILES string of the molecule is COc1cc(CCCN)cc(Cl)c1F. The van der Waals surface area contributed by atoms with Crippen LogP contribution in [0.4, 0.5) is 4.39 Å². The molecule has 0 aliphatic heterocycles. The third-order valence-electron chi connectivity index (χ3n) is 1.94. The first-order chi connectivity index (χ1) is 6.69. The Labute approximate surface area is 87.8 Å². The summed E-state index contributed by atoms with van der Waals surface area (Å²) < 4.78 is 18.1. The summed E-state index contributed by atoms with van der Waals surface area (Å²) in [4.78, 5) is 0. The van der Waals surface area contributed by atoms with Crippen LogP contribution in [0.3, 0.4) is 0 Å². The van der Waals surface area contributed by atoms with Gasteiger partial charge in [0.2, 0.25) is 0 Å².